The molecule has 1 saturated carbocycles. The molecule has 1 heterocycles. The van der Waals surface area contributed by atoms with Crippen molar-refractivity contribution in [1.29, 1.82) is 0 Å². The smallest absolute Gasteiger partial charge is 0.0312 e. The molecule has 1 aliphatic carbocycles. The highest BCUT2D eigenvalue weighted by Crippen LogP contribution is 2.38. The topological polar surface area (TPSA) is 28.2 Å². The molecule has 0 unspecified atom stereocenters. The summed E-state index contributed by atoms with van der Waals surface area (Å²) in [6, 6.07) is 4.19. The maximum Gasteiger partial charge on any atom is 0.0312 e. The largest absolute Gasteiger partial charge is 0.311 e. The van der Waals surface area contributed by atoms with Crippen molar-refractivity contribution in [3.05, 3.63) is 30.1 Å². The Morgan fingerprint density at radius 3 is 2.57 bits per heavy atom. The Morgan fingerprint density at radius 1 is 1.29 bits per heavy atom. The predicted molar refractivity (Wildman–Crippen MR) is 89.2 cm³/mol. The molecule has 1 aromatic heterocycles. The van der Waals surface area contributed by atoms with E-state index in [1.165, 1.54) is 37.8 Å². The molecule has 0 spiro atoms. The lowest BCUT2D eigenvalue weighted by Gasteiger charge is -2.36. The minimum absolute atomic E-state index is 0.206. The maximum absolute atomic E-state index is 4.22. The highest BCUT2D eigenvalue weighted by Gasteiger charge is 2.35. The minimum atomic E-state index is 0.206. The lowest BCUT2D eigenvalue weighted by Crippen LogP contribution is -2.47. The summed E-state index contributed by atoms with van der Waals surface area (Å²) >= 11 is 0. The quantitative estimate of drug-likeness (QED) is 0.869. The van der Waals surface area contributed by atoms with E-state index in [9.17, 15) is 0 Å². The summed E-state index contributed by atoms with van der Waals surface area (Å²) in [6.45, 7) is 10.1. The van der Waals surface area contributed by atoms with Crippen LogP contribution in [0.4, 0.5) is 0 Å². The molecule has 0 amide bonds. The Hall–Kier alpha value is -0.930. The minimum Gasteiger partial charge on any atom is -0.311 e. The third-order valence-electron chi connectivity index (χ3n) is 4.44. The van der Waals surface area contributed by atoms with Gasteiger partial charge in [0.1, 0.15) is 0 Å². The van der Waals surface area contributed by atoms with Crippen LogP contribution in [0.2, 0.25) is 0 Å². The monoisotopic (exact) mass is 289 g/mol. The van der Waals surface area contributed by atoms with Gasteiger partial charge in [0, 0.05) is 37.6 Å². The molecule has 1 aliphatic rings. The van der Waals surface area contributed by atoms with Gasteiger partial charge in [-0.2, -0.15) is 0 Å². The van der Waals surface area contributed by atoms with E-state index in [-0.39, 0.29) is 5.54 Å². The summed E-state index contributed by atoms with van der Waals surface area (Å²) in [7, 11) is 2.24. The molecule has 0 atom stereocenters. The Kier molecular flexibility index (Phi) is 5.39. The van der Waals surface area contributed by atoms with Gasteiger partial charge in [-0.15, -0.1) is 0 Å². The van der Waals surface area contributed by atoms with E-state index in [0.717, 1.165) is 13.1 Å². The highest BCUT2D eigenvalue weighted by atomic mass is 15.1. The fourth-order valence-corrected chi connectivity index (χ4v) is 3.40. The first kappa shape index (κ1) is 16.4. The molecule has 0 aromatic carbocycles. The van der Waals surface area contributed by atoms with Gasteiger partial charge in [0.15, 0.2) is 0 Å². The summed E-state index contributed by atoms with van der Waals surface area (Å²) in [6.07, 6.45) is 9.29. The molecule has 1 fully saturated rings. The van der Waals surface area contributed by atoms with Gasteiger partial charge in [0.05, 0.1) is 0 Å². The molecule has 0 radical (unpaired) electrons. The average Bonchev–Trinajstić information content (AvgIpc) is 2.86. The third-order valence-corrected chi connectivity index (χ3v) is 4.44. The van der Waals surface area contributed by atoms with Gasteiger partial charge in [-0.05, 0) is 57.7 Å². The number of hydrogen-bond donors (Lipinski definition) is 1. The van der Waals surface area contributed by atoms with Gasteiger partial charge in [-0.3, -0.25) is 4.98 Å². The Labute approximate surface area is 130 Å². The lowest BCUT2D eigenvalue weighted by molar-refractivity contribution is 0.156. The number of pyridine rings is 1. The van der Waals surface area contributed by atoms with Crippen LogP contribution in [-0.4, -0.2) is 35.6 Å². The van der Waals surface area contributed by atoms with Crippen molar-refractivity contribution >= 4 is 0 Å². The molecular formula is C18H31N3. The van der Waals surface area contributed by atoms with Crippen molar-refractivity contribution < 1.29 is 0 Å². The fraction of sp³-hybridized carbons (Fsp3) is 0.722. The Balaban J connectivity index is 1.92. The van der Waals surface area contributed by atoms with Crippen molar-refractivity contribution in [2.24, 2.45) is 5.41 Å². The number of hydrogen-bond acceptors (Lipinski definition) is 3. The zero-order valence-electron chi connectivity index (χ0n) is 14.2. The van der Waals surface area contributed by atoms with Crippen LogP contribution in [-0.2, 0) is 6.54 Å². The number of nitrogens with one attached hydrogen (secondary N) is 1. The van der Waals surface area contributed by atoms with E-state index in [4.69, 9.17) is 0 Å². The molecule has 21 heavy (non-hydrogen) atoms. The molecule has 2 rings (SSSR count). The summed E-state index contributed by atoms with van der Waals surface area (Å²) in [4.78, 5) is 6.68. The van der Waals surface area contributed by atoms with Gasteiger partial charge in [-0.1, -0.05) is 18.9 Å². The van der Waals surface area contributed by atoms with Gasteiger partial charge in [0.25, 0.3) is 0 Å². The number of nitrogens with zero attached hydrogens (tertiary/aromatic N) is 2. The Morgan fingerprint density at radius 2 is 2.00 bits per heavy atom. The van der Waals surface area contributed by atoms with Crippen LogP contribution in [0.15, 0.2) is 24.5 Å². The summed E-state index contributed by atoms with van der Waals surface area (Å²) in [5.41, 5.74) is 1.96. The SMILES string of the molecule is CN(Cc1cccnc1)CC1(CNC(C)(C)C)CCCC1. The summed E-state index contributed by atoms with van der Waals surface area (Å²) in [5.74, 6) is 0. The van der Waals surface area contributed by atoms with E-state index >= 15 is 0 Å². The van der Waals surface area contributed by atoms with Crippen molar-refractivity contribution in [2.45, 2.75) is 58.5 Å². The summed E-state index contributed by atoms with van der Waals surface area (Å²) < 4.78 is 0. The van der Waals surface area contributed by atoms with Crippen LogP contribution in [0.1, 0.15) is 52.0 Å². The third kappa shape index (κ3) is 5.40. The van der Waals surface area contributed by atoms with E-state index in [1.54, 1.807) is 0 Å². The maximum atomic E-state index is 4.22. The second kappa shape index (κ2) is 6.89. The molecule has 3 heteroatoms. The van der Waals surface area contributed by atoms with Crippen LogP contribution in [0.25, 0.3) is 0 Å². The molecule has 0 bridgehead atoms. The average molecular weight is 289 g/mol. The molecule has 118 valence electrons. The van der Waals surface area contributed by atoms with Gasteiger partial charge >= 0.3 is 0 Å². The second-order valence-corrected chi connectivity index (χ2v) is 7.84. The first-order valence-corrected chi connectivity index (χ1v) is 8.21. The predicted octanol–water partition coefficient (Wildman–Crippen LogP) is 3.46. The van der Waals surface area contributed by atoms with E-state index < -0.39 is 0 Å². The summed E-state index contributed by atoms with van der Waals surface area (Å²) in [5, 5.41) is 3.73. The standard InChI is InChI=1S/C18H31N3/c1-17(2,3)20-14-18(9-5-6-10-18)15-21(4)13-16-8-7-11-19-12-16/h7-8,11-12,20H,5-6,9-10,13-15H2,1-4H3. The van der Waals surface area contributed by atoms with Crippen LogP contribution in [0.3, 0.4) is 0 Å². The van der Waals surface area contributed by atoms with Gasteiger partial charge in [0.2, 0.25) is 0 Å². The molecular weight excluding hydrogens is 258 g/mol. The van der Waals surface area contributed by atoms with Crippen molar-refractivity contribution in [1.82, 2.24) is 15.2 Å². The molecule has 0 aliphatic heterocycles. The van der Waals surface area contributed by atoms with Gasteiger partial charge < -0.3 is 10.2 Å². The second-order valence-electron chi connectivity index (χ2n) is 7.84. The van der Waals surface area contributed by atoms with Crippen LogP contribution < -0.4 is 5.32 Å². The first-order chi connectivity index (χ1) is 9.89. The number of aromatic nitrogens is 1. The van der Waals surface area contributed by atoms with E-state index in [0.29, 0.717) is 5.41 Å². The van der Waals surface area contributed by atoms with E-state index in [1.807, 2.05) is 18.5 Å². The number of rotatable bonds is 6. The van der Waals surface area contributed by atoms with Crippen LogP contribution in [0.5, 0.6) is 0 Å². The zero-order chi connectivity index (χ0) is 15.3. The fourth-order valence-electron chi connectivity index (χ4n) is 3.40. The molecule has 1 N–H and O–H groups in total. The first-order valence-electron chi connectivity index (χ1n) is 8.21. The lowest BCUT2D eigenvalue weighted by atomic mass is 9.84. The van der Waals surface area contributed by atoms with E-state index in [2.05, 4.69) is 49.1 Å². The molecule has 3 nitrogen and oxygen atoms in total. The normalized spacial score (nSPS) is 18.3. The van der Waals surface area contributed by atoms with Crippen LogP contribution >= 0.6 is 0 Å². The van der Waals surface area contributed by atoms with Crippen molar-refractivity contribution in [3.8, 4) is 0 Å². The molecule has 1 aromatic rings. The Bertz CT molecular complexity index is 416. The van der Waals surface area contributed by atoms with Crippen LogP contribution in [0, 0.1) is 5.41 Å². The highest BCUT2D eigenvalue weighted by molar-refractivity contribution is 5.08. The molecule has 0 saturated heterocycles. The van der Waals surface area contributed by atoms with Crippen molar-refractivity contribution in [3.63, 3.8) is 0 Å². The van der Waals surface area contributed by atoms with Gasteiger partial charge in [-0.25, -0.2) is 0 Å². The van der Waals surface area contributed by atoms with Crippen molar-refractivity contribution in [2.75, 3.05) is 20.1 Å². The zero-order valence-corrected chi connectivity index (χ0v) is 14.2.